The maximum Gasteiger partial charge on any atom is 0.221 e. The lowest BCUT2D eigenvalue weighted by atomic mass is 10.2. The third-order valence-electron chi connectivity index (χ3n) is 4.15. The van der Waals surface area contributed by atoms with Crippen molar-refractivity contribution in [3.05, 3.63) is 30.1 Å². The molecule has 0 aliphatic carbocycles. The predicted octanol–water partition coefficient (Wildman–Crippen LogP) is 1.94. The summed E-state index contributed by atoms with van der Waals surface area (Å²) in [6, 6.07) is 8.27. The number of halogens is 2. The number of carbonyl (C=O) groups is 1. The number of aryl methyl sites for hydroxylation is 1. The summed E-state index contributed by atoms with van der Waals surface area (Å²) < 4.78 is 7.57. The molecule has 8 heteroatoms. The molecule has 2 heterocycles. The Morgan fingerprint density at radius 2 is 2.20 bits per heavy atom. The van der Waals surface area contributed by atoms with E-state index in [-0.39, 0.29) is 36.8 Å². The second kappa shape index (κ2) is 10.6. The van der Waals surface area contributed by atoms with Crippen LogP contribution in [0, 0.1) is 0 Å². The van der Waals surface area contributed by atoms with E-state index in [9.17, 15) is 4.79 Å². The number of imidazole rings is 1. The fraction of sp³-hybridized carbons (Fsp3) is 0.529. The van der Waals surface area contributed by atoms with E-state index < -0.39 is 0 Å². The number of rotatable bonds is 6. The van der Waals surface area contributed by atoms with Gasteiger partial charge in [-0.3, -0.25) is 4.79 Å². The number of benzene rings is 1. The van der Waals surface area contributed by atoms with Crippen LogP contribution in [0.1, 0.15) is 19.2 Å². The van der Waals surface area contributed by atoms with Crippen molar-refractivity contribution in [3.63, 3.8) is 0 Å². The number of amides is 1. The maximum absolute atomic E-state index is 12.0. The minimum atomic E-state index is 0. The molecular formula is C17H26Cl2N4O2. The van der Waals surface area contributed by atoms with Gasteiger partial charge in [0, 0.05) is 38.5 Å². The molecule has 0 bridgehead atoms. The highest BCUT2D eigenvalue weighted by atomic mass is 35.5. The number of hydrogen-bond acceptors (Lipinski definition) is 4. The number of nitrogens with one attached hydrogen (secondary N) is 2. The van der Waals surface area contributed by atoms with E-state index in [1.165, 1.54) is 0 Å². The highest BCUT2D eigenvalue weighted by Gasteiger charge is 2.16. The van der Waals surface area contributed by atoms with Gasteiger partial charge in [-0.05, 0) is 19.1 Å². The molecule has 1 aliphatic heterocycles. The second-order valence-electron chi connectivity index (χ2n) is 5.79. The number of carbonyl (C=O) groups excluding carboxylic acids is 1. The number of hydrogen-bond donors (Lipinski definition) is 2. The summed E-state index contributed by atoms with van der Waals surface area (Å²) in [7, 11) is 0. The normalized spacial score (nSPS) is 16.8. The average molecular weight is 389 g/mol. The Bertz CT molecular complexity index is 672. The second-order valence-corrected chi connectivity index (χ2v) is 5.79. The molecule has 1 aliphatic rings. The van der Waals surface area contributed by atoms with Crippen LogP contribution < -0.4 is 10.6 Å². The largest absolute Gasteiger partial charge is 0.378 e. The van der Waals surface area contributed by atoms with Crippen molar-refractivity contribution in [2.45, 2.75) is 32.4 Å². The van der Waals surface area contributed by atoms with E-state index in [0.29, 0.717) is 19.6 Å². The Morgan fingerprint density at radius 3 is 2.92 bits per heavy atom. The molecule has 0 radical (unpaired) electrons. The molecule has 2 N–H and O–H groups in total. The van der Waals surface area contributed by atoms with Crippen molar-refractivity contribution < 1.29 is 9.53 Å². The lowest BCUT2D eigenvalue weighted by molar-refractivity contribution is -0.122. The molecular weight excluding hydrogens is 363 g/mol. The number of fused-ring (bicyclic) bond motifs is 1. The van der Waals surface area contributed by atoms with Crippen LogP contribution in [0.15, 0.2) is 24.3 Å². The Hall–Kier alpha value is -1.34. The zero-order chi connectivity index (χ0) is 16.1. The van der Waals surface area contributed by atoms with Crippen molar-refractivity contribution in [2.24, 2.45) is 0 Å². The van der Waals surface area contributed by atoms with Crippen LogP contribution in [-0.4, -0.2) is 47.8 Å². The fourth-order valence-corrected chi connectivity index (χ4v) is 3.03. The molecule has 1 saturated heterocycles. The van der Waals surface area contributed by atoms with Gasteiger partial charge in [0.15, 0.2) is 0 Å². The van der Waals surface area contributed by atoms with Gasteiger partial charge < -0.3 is 19.9 Å². The molecule has 1 unspecified atom stereocenters. The molecule has 1 fully saturated rings. The van der Waals surface area contributed by atoms with E-state index in [2.05, 4.69) is 33.2 Å². The van der Waals surface area contributed by atoms with Crippen LogP contribution in [0.3, 0.4) is 0 Å². The number of ether oxygens (including phenoxy) is 1. The summed E-state index contributed by atoms with van der Waals surface area (Å²) in [6.45, 7) is 5.76. The third kappa shape index (κ3) is 5.57. The molecule has 1 aromatic carbocycles. The summed E-state index contributed by atoms with van der Waals surface area (Å²) in [4.78, 5) is 16.7. The van der Waals surface area contributed by atoms with Crippen LogP contribution in [0.2, 0.25) is 0 Å². The first-order valence-electron chi connectivity index (χ1n) is 8.30. The van der Waals surface area contributed by atoms with Gasteiger partial charge in [0.2, 0.25) is 5.91 Å². The standard InChI is InChI=1S/C17H24N4O2.2ClH/c1-2-21-15-6-4-3-5-14(15)20-16(21)7-8-19-17(22)11-13-12-23-10-9-18-13;;/h3-6,13,18H,2,7-12H2,1H3,(H,19,22);2*1H. The van der Waals surface area contributed by atoms with Crippen molar-refractivity contribution in [1.82, 2.24) is 20.2 Å². The van der Waals surface area contributed by atoms with Crippen LogP contribution in [0.5, 0.6) is 0 Å². The first kappa shape index (κ1) is 21.7. The summed E-state index contributed by atoms with van der Waals surface area (Å²) >= 11 is 0. The van der Waals surface area contributed by atoms with E-state index in [0.717, 1.165) is 43.0 Å². The Balaban J connectivity index is 0.00000156. The SMILES string of the molecule is CCn1c(CCNC(=O)CC2COCCN2)nc2ccccc21.Cl.Cl. The highest BCUT2D eigenvalue weighted by Crippen LogP contribution is 2.16. The Kier molecular flexibility index (Phi) is 9.21. The highest BCUT2D eigenvalue weighted by molar-refractivity contribution is 5.85. The fourth-order valence-electron chi connectivity index (χ4n) is 3.03. The quantitative estimate of drug-likeness (QED) is 0.793. The van der Waals surface area contributed by atoms with Gasteiger partial charge in [-0.1, -0.05) is 12.1 Å². The lowest BCUT2D eigenvalue weighted by Gasteiger charge is -2.23. The first-order valence-corrected chi connectivity index (χ1v) is 8.30. The summed E-state index contributed by atoms with van der Waals surface area (Å²) in [6.07, 6.45) is 1.20. The van der Waals surface area contributed by atoms with Crippen molar-refractivity contribution in [3.8, 4) is 0 Å². The molecule has 6 nitrogen and oxygen atoms in total. The van der Waals surface area contributed by atoms with Crippen LogP contribution in [0.25, 0.3) is 11.0 Å². The van der Waals surface area contributed by atoms with E-state index in [1.807, 2.05) is 18.2 Å². The molecule has 2 aromatic rings. The van der Waals surface area contributed by atoms with Gasteiger partial charge >= 0.3 is 0 Å². The number of morpholine rings is 1. The van der Waals surface area contributed by atoms with E-state index in [4.69, 9.17) is 4.74 Å². The maximum atomic E-state index is 12.0. The minimum absolute atomic E-state index is 0. The first-order chi connectivity index (χ1) is 11.3. The van der Waals surface area contributed by atoms with Crippen LogP contribution in [-0.2, 0) is 22.5 Å². The number of para-hydroxylation sites is 2. The monoisotopic (exact) mass is 388 g/mol. The van der Waals surface area contributed by atoms with Crippen molar-refractivity contribution >= 4 is 41.8 Å². The molecule has 1 amide bonds. The minimum Gasteiger partial charge on any atom is -0.378 e. The van der Waals surface area contributed by atoms with Crippen LogP contribution in [0.4, 0.5) is 0 Å². The van der Waals surface area contributed by atoms with E-state index >= 15 is 0 Å². The van der Waals surface area contributed by atoms with Gasteiger partial charge in [0.05, 0.1) is 24.2 Å². The smallest absolute Gasteiger partial charge is 0.221 e. The van der Waals surface area contributed by atoms with Crippen molar-refractivity contribution in [1.29, 1.82) is 0 Å². The van der Waals surface area contributed by atoms with E-state index in [1.54, 1.807) is 0 Å². The molecule has 1 aromatic heterocycles. The molecule has 0 saturated carbocycles. The topological polar surface area (TPSA) is 68.2 Å². The molecule has 3 rings (SSSR count). The van der Waals surface area contributed by atoms with Gasteiger partial charge in [0.1, 0.15) is 5.82 Å². The summed E-state index contributed by atoms with van der Waals surface area (Å²) in [5.41, 5.74) is 2.17. The number of aromatic nitrogens is 2. The van der Waals surface area contributed by atoms with Crippen LogP contribution >= 0.6 is 24.8 Å². The van der Waals surface area contributed by atoms with Gasteiger partial charge in [-0.25, -0.2) is 4.98 Å². The van der Waals surface area contributed by atoms with Gasteiger partial charge in [-0.2, -0.15) is 0 Å². The summed E-state index contributed by atoms with van der Waals surface area (Å²) in [5.74, 6) is 1.08. The zero-order valence-corrected chi connectivity index (χ0v) is 16.0. The lowest BCUT2D eigenvalue weighted by Crippen LogP contribution is -2.44. The van der Waals surface area contributed by atoms with Gasteiger partial charge in [0.25, 0.3) is 0 Å². The molecule has 140 valence electrons. The average Bonchev–Trinajstić information content (AvgIpc) is 2.93. The molecule has 25 heavy (non-hydrogen) atoms. The predicted molar refractivity (Wildman–Crippen MR) is 104 cm³/mol. The Labute approximate surface area is 160 Å². The van der Waals surface area contributed by atoms with Gasteiger partial charge in [-0.15, -0.1) is 24.8 Å². The molecule has 1 atom stereocenters. The molecule has 0 spiro atoms. The summed E-state index contributed by atoms with van der Waals surface area (Å²) in [5, 5.41) is 6.28. The third-order valence-corrected chi connectivity index (χ3v) is 4.15. The Morgan fingerprint density at radius 1 is 1.40 bits per heavy atom. The number of nitrogens with zero attached hydrogens (tertiary/aromatic N) is 2. The van der Waals surface area contributed by atoms with Crippen molar-refractivity contribution in [2.75, 3.05) is 26.3 Å². The zero-order valence-electron chi connectivity index (χ0n) is 14.4.